The van der Waals surface area contributed by atoms with Crippen LogP contribution in [-0.2, 0) is 10.1 Å². The molecule has 1 N–H and O–H groups in total. The summed E-state index contributed by atoms with van der Waals surface area (Å²) in [6.45, 7) is 0. The SMILES string of the molecule is O=S(=O)(Oc1c(F)ccc2cc(O)cc(Cl)c12)C(F)(F)F. The summed E-state index contributed by atoms with van der Waals surface area (Å²) in [5.74, 6) is -2.86. The molecule has 2 aromatic rings. The van der Waals surface area contributed by atoms with Crippen LogP contribution < -0.4 is 4.18 Å². The third-order valence-corrected chi connectivity index (χ3v) is 3.69. The summed E-state index contributed by atoms with van der Waals surface area (Å²) < 4.78 is 76.4. The fourth-order valence-corrected chi connectivity index (χ4v) is 2.36. The first kappa shape index (κ1) is 15.6. The Hall–Kier alpha value is -1.74. The predicted molar refractivity (Wildman–Crippen MR) is 66.2 cm³/mol. The fraction of sp³-hybridized carbons (Fsp3) is 0.0909. The van der Waals surface area contributed by atoms with Gasteiger partial charge in [0.1, 0.15) is 5.75 Å². The summed E-state index contributed by atoms with van der Waals surface area (Å²) in [5, 5.41) is 8.56. The fourth-order valence-electron chi connectivity index (χ4n) is 1.58. The number of benzene rings is 2. The highest BCUT2D eigenvalue weighted by Crippen LogP contribution is 2.39. The highest BCUT2D eigenvalue weighted by atomic mass is 35.5. The highest BCUT2D eigenvalue weighted by Gasteiger charge is 2.49. The maximum Gasteiger partial charge on any atom is 0.534 e. The number of hydrogen-bond acceptors (Lipinski definition) is 4. The molecule has 0 saturated carbocycles. The van der Waals surface area contributed by atoms with Gasteiger partial charge in [-0.25, -0.2) is 4.39 Å². The summed E-state index contributed by atoms with van der Waals surface area (Å²) in [5.41, 5.74) is -5.72. The van der Waals surface area contributed by atoms with Crippen molar-refractivity contribution in [3.05, 3.63) is 35.1 Å². The second-order valence-electron chi connectivity index (χ2n) is 3.89. The quantitative estimate of drug-likeness (QED) is 0.514. The summed E-state index contributed by atoms with van der Waals surface area (Å²) in [7, 11) is -6.05. The monoisotopic (exact) mass is 344 g/mol. The smallest absolute Gasteiger partial charge is 0.508 e. The number of halogens is 5. The third kappa shape index (κ3) is 2.84. The molecular weight excluding hydrogens is 340 g/mol. The highest BCUT2D eigenvalue weighted by molar-refractivity contribution is 7.88. The molecule has 2 aromatic carbocycles. The molecular formula is C11H5ClF4O4S. The number of aromatic hydroxyl groups is 1. The van der Waals surface area contributed by atoms with E-state index in [9.17, 15) is 31.1 Å². The number of rotatable bonds is 2. The zero-order valence-corrected chi connectivity index (χ0v) is 11.4. The van der Waals surface area contributed by atoms with Gasteiger partial charge in [0.25, 0.3) is 0 Å². The molecule has 0 fully saturated rings. The lowest BCUT2D eigenvalue weighted by molar-refractivity contribution is -0.0500. The van der Waals surface area contributed by atoms with Crippen molar-refractivity contribution < 1.29 is 35.3 Å². The summed E-state index contributed by atoms with van der Waals surface area (Å²) in [6, 6.07) is 3.77. The van der Waals surface area contributed by atoms with Gasteiger partial charge in [-0.2, -0.15) is 21.6 Å². The standard InChI is InChI=1S/C11H5ClF4O4S/c12-7-4-6(17)3-5-1-2-8(13)10(9(5)7)20-21(18,19)11(14,15)16/h1-4,17H. The van der Waals surface area contributed by atoms with Crippen molar-refractivity contribution in [3.63, 3.8) is 0 Å². The molecule has 0 aliphatic carbocycles. The summed E-state index contributed by atoms with van der Waals surface area (Å²) in [4.78, 5) is 0. The number of phenolic OH excluding ortho intramolecular Hbond substituents is 1. The Labute approximate surface area is 120 Å². The van der Waals surface area contributed by atoms with Gasteiger partial charge in [0.05, 0.1) is 5.02 Å². The van der Waals surface area contributed by atoms with Crippen molar-refractivity contribution in [1.82, 2.24) is 0 Å². The van der Waals surface area contributed by atoms with Gasteiger partial charge in [-0.3, -0.25) is 0 Å². The number of fused-ring (bicyclic) bond motifs is 1. The van der Waals surface area contributed by atoms with Crippen LogP contribution in [0.3, 0.4) is 0 Å². The molecule has 0 radical (unpaired) electrons. The van der Waals surface area contributed by atoms with E-state index in [1.165, 1.54) is 0 Å². The van der Waals surface area contributed by atoms with E-state index in [1.54, 1.807) is 0 Å². The van der Waals surface area contributed by atoms with E-state index in [4.69, 9.17) is 11.6 Å². The van der Waals surface area contributed by atoms with E-state index in [-0.39, 0.29) is 16.2 Å². The van der Waals surface area contributed by atoms with Crippen LogP contribution in [0.1, 0.15) is 0 Å². The molecule has 0 unspecified atom stereocenters. The minimum absolute atomic E-state index is 0.00812. The van der Waals surface area contributed by atoms with Gasteiger partial charge in [-0.1, -0.05) is 17.7 Å². The zero-order chi connectivity index (χ0) is 16.0. The molecule has 0 aliphatic rings. The summed E-state index contributed by atoms with van der Waals surface area (Å²) >= 11 is 5.70. The first-order valence-corrected chi connectivity index (χ1v) is 6.93. The van der Waals surface area contributed by atoms with Crippen LogP contribution in [0.25, 0.3) is 10.8 Å². The van der Waals surface area contributed by atoms with Crippen LogP contribution in [-0.4, -0.2) is 19.0 Å². The van der Waals surface area contributed by atoms with Gasteiger partial charge in [0, 0.05) is 5.39 Å². The number of alkyl halides is 3. The molecule has 4 nitrogen and oxygen atoms in total. The molecule has 114 valence electrons. The van der Waals surface area contributed by atoms with E-state index in [0.717, 1.165) is 18.2 Å². The van der Waals surface area contributed by atoms with Crippen LogP contribution in [0, 0.1) is 5.82 Å². The second kappa shape index (κ2) is 4.92. The van der Waals surface area contributed by atoms with Gasteiger partial charge in [0.2, 0.25) is 0 Å². The van der Waals surface area contributed by atoms with E-state index in [1.807, 2.05) is 0 Å². The van der Waals surface area contributed by atoms with Crippen LogP contribution in [0.15, 0.2) is 24.3 Å². The Morgan fingerprint density at radius 3 is 2.38 bits per heavy atom. The summed E-state index contributed by atoms with van der Waals surface area (Å²) in [6.07, 6.45) is 0. The second-order valence-corrected chi connectivity index (χ2v) is 5.83. The van der Waals surface area contributed by atoms with Crippen molar-refractivity contribution in [1.29, 1.82) is 0 Å². The van der Waals surface area contributed by atoms with Gasteiger partial charge in [-0.05, 0) is 23.6 Å². The van der Waals surface area contributed by atoms with Crippen LogP contribution in [0.4, 0.5) is 17.6 Å². The van der Waals surface area contributed by atoms with Gasteiger partial charge in [-0.15, -0.1) is 0 Å². The Morgan fingerprint density at radius 2 is 1.81 bits per heavy atom. The van der Waals surface area contributed by atoms with Crippen molar-refractivity contribution in [2.24, 2.45) is 0 Å². The average Bonchev–Trinajstić information content (AvgIpc) is 2.30. The Morgan fingerprint density at radius 1 is 1.19 bits per heavy atom. The van der Waals surface area contributed by atoms with E-state index in [2.05, 4.69) is 4.18 Å². The average molecular weight is 345 g/mol. The first-order chi connectivity index (χ1) is 9.53. The van der Waals surface area contributed by atoms with Crippen molar-refractivity contribution >= 4 is 32.5 Å². The largest absolute Gasteiger partial charge is 0.534 e. The zero-order valence-electron chi connectivity index (χ0n) is 9.78. The van der Waals surface area contributed by atoms with Gasteiger partial charge in [0.15, 0.2) is 11.6 Å². The molecule has 0 amide bonds. The lowest BCUT2D eigenvalue weighted by atomic mass is 10.1. The Bertz CT molecular complexity index is 817. The van der Waals surface area contributed by atoms with Crippen LogP contribution in [0.2, 0.25) is 5.02 Å². The normalized spacial score (nSPS) is 12.6. The van der Waals surface area contributed by atoms with E-state index < -0.39 is 32.6 Å². The molecule has 21 heavy (non-hydrogen) atoms. The maximum absolute atomic E-state index is 13.6. The van der Waals surface area contributed by atoms with Crippen LogP contribution in [0.5, 0.6) is 11.5 Å². The van der Waals surface area contributed by atoms with Crippen molar-refractivity contribution in [2.75, 3.05) is 0 Å². The minimum Gasteiger partial charge on any atom is -0.508 e. The number of phenols is 1. The minimum atomic E-state index is -6.05. The molecule has 10 heteroatoms. The molecule has 0 bridgehead atoms. The molecule has 0 spiro atoms. The predicted octanol–water partition coefficient (Wildman–Crippen LogP) is 3.57. The molecule has 2 rings (SSSR count). The lowest BCUT2D eigenvalue weighted by Gasteiger charge is -2.13. The van der Waals surface area contributed by atoms with E-state index in [0.29, 0.717) is 6.07 Å². The molecule has 0 aliphatic heterocycles. The third-order valence-electron chi connectivity index (χ3n) is 2.44. The van der Waals surface area contributed by atoms with Crippen molar-refractivity contribution in [3.8, 4) is 11.5 Å². The molecule has 0 heterocycles. The lowest BCUT2D eigenvalue weighted by Crippen LogP contribution is -2.28. The number of hydrogen-bond donors (Lipinski definition) is 1. The Kier molecular flexibility index (Phi) is 3.66. The first-order valence-electron chi connectivity index (χ1n) is 5.14. The Balaban J connectivity index is 2.73. The molecule has 0 atom stereocenters. The van der Waals surface area contributed by atoms with Gasteiger partial charge < -0.3 is 9.29 Å². The molecule has 0 aromatic heterocycles. The maximum atomic E-state index is 13.6. The van der Waals surface area contributed by atoms with E-state index >= 15 is 0 Å². The van der Waals surface area contributed by atoms with Gasteiger partial charge >= 0.3 is 15.6 Å². The molecule has 0 saturated heterocycles. The topological polar surface area (TPSA) is 63.6 Å². The van der Waals surface area contributed by atoms with Crippen LogP contribution >= 0.6 is 11.6 Å². The van der Waals surface area contributed by atoms with Crippen molar-refractivity contribution in [2.45, 2.75) is 5.51 Å².